The summed E-state index contributed by atoms with van der Waals surface area (Å²) in [6.45, 7) is 0.892. The Kier molecular flexibility index (Phi) is 2.82. The molecule has 0 bridgehead atoms. The molecule has 1 fully saturated rings. The molecule has 1 aliphatic carbocycles. The molecule has 2 aliphatic rings. The Labute approximate surface area is 123 Å². The molecule has 1 aromatic carbocycles. The van der Waals surface area contributed by atoms with Crippen LogP contribution in [0, 0.1) is 5.92 Å². The zero-order valence-corrected chi connectivity index (χ0v) is 12.2. The van der Waals surface area contributed by atoms with Crippen molar-refractivity contribution in [1.29, 1.82) is 0 Å². The maximum Gasteiger partial charge on any atom is 0.303 e. The average molecular weight is 284 g/mol. The topological polar surface area (TPSA) is 56.3 Å². The van der Waals surface area contributed by atoms with Gasteiger partial charge in [0.05, 0.1) is 0 Å². The lowest BCUT2D eigenvalue weighted by atomic mass is 9.72. The van der Waals surface area contributed by atoms with Gasteiger partial charge in [-0.25, -0.2) is 0 Å². The quantitative estimate of drug-likeness (QED) is 0.891. The Hall–Kier alpha value is -1.81. The van der Waals surface area contributed by atoms with Crippen LogP contribution in [0.5, 0.6) is 0 Å². The predicted octanol–water partition coefficient (Wildman–Crippen LogP) is 2.60. The number of aromatic amines is 1. The molecule has 4 nitrogen and oxygen atoms in total. The van der Waals surface area contributed by atoms with Crippen molar-refractivity contribution in [3.63, 3.8) is 0 Å². The summed E-state index contributed by atoms with van der Waals surface area (Å²) < 4.78 is 0. The number of hydrogen-bond acceptors (Lipinski definition) is 2. The Morgan fingerprint density at radius 1 is 1.48 bits per heavy atom. The Morgan fingerprint density at radius 2 is 2.33 bits per heavy atom. The summed E-state index contributed by atoms with van der Waals surface area (Å²) in [5.74, 6) is 0.0350. The molecule has 1 saturated heterocycles. The number of nitrogens with one attached hydrogen (secondary N) is 1. The van der Waals surface area contributed by atoms with Crippen LogP contribution in [0.15, 0.2) is 24.4 Å². The summed E-state index contributed by atoms with van der Waals surface area (Å²) in [6, 6.07) is 6.97. The molecule has 4 heteroatoms. The Balaban J connectivity index is 1.76. The molecule has 0 unspecified atom stereocenters. The fraction of sp³-hybridized carbons (Fsp3) is 0.471. The van der Waals surface area contributed by atoms with E-state index in [-0.39, 0.29) is 12.3 Å². The SMILES string of the molecule is CN1C[C@H](CC(=O)O)C[C@@H]2c3cccc4[nH]cc(c34)C[C@H]21. The van der Waals surface area contributed by atoms with Gasteiger partial charge in [-0.2, -0.15) is 0 Å². The molecule has 2 aromatic rings. The fourth-order valence-electron chi connectivity index (χ4n) is 4.45. The van der Waals surface area contributed by atoms with Crippen molar-refractivity contribution in [2.45, 2.75) is 31.2 Å². The standard InChI is InChI=1S/C17H20N2O2/c1-19-9-10(6-16(20)21)5-13-12-3-2-4-14-17(12)11(8-18-14)7-15(13)19/h2-4,8,10,13,15,18H,5-7,9H2,1H3,(H,20,21)/t10-,13+,15+/m0/s1. The van der Waals surface area contributed by atoms with Crippen molar-refractivity contribution in [2.24, 2.45) is 5.92 Å². The Morgan fingerprint density at radius 3 is 3.14 bits per heavy atom. The molecule has 1 aliphatic heterocycles. The van der Waals surface area contributed by atoms with Gasteiger partial charge in [0.1, 0.15) is 0 Å². The number of rotatable bonds is 2. The first-order valence-corrected chi connectivity index (χ1v) is 7.64. The number of fused-ring (bicyclic) bond motifs is 2. The summed E-state index contributed by atoms with van der Waals surface area (Å²) in [7, 11) is 2.14. The zero-order chi connectivity index (χ0) is 14.6. The number of hydrogen-bond donors (Lipinski definition) is 2. The van der Waals surface area contributed by atoms with Gasteiger partial charge in [0, 0.05) is 42.0 Å². The minimum absolute atomic E-state index is 0.254. The second kappa shape index (κ2) is 4.60. The molecule has 3 atom stereocenters. The first kappa shape index (κ1) is 12.9. The number of nitrogens with zero attached hydrogens (tertiary/aromatic N) is 1. The van der Waals surface area contributed by atoms with E-state index >= 15 is 0 Å². The zero-order valence-electron chi connectivity index (χ0n) is 12.2. The second-order valence-corrected chi connectivity index (χ2v) is 6.60. The van der Waals surface area contributed by atoms with Gasteiger partial charge in [-0.1, -0.05) is 12.1 Å². The number of piperidine rings is 1. The van der Waals surface area contributed by atoms with E-state index in [1.54, 1.807) is 0 Å². The van der Waals surface area contributed by atoms with Gasteiger partial charge >= 0.3 is 5.97 Å². The molecule has 4 rings (SSSR count). The normalized spacial score (nSPS) is 28.5. The number of H-pyrrole nitrogens is 1. The molecular formula is C17H20N2O2. The molecule has 110 valence electrons. The summed E-state index contributed by atoms with van der Waals surface area (Å²) >= 11 is 0. The van der Waals surface area contributed by atoms with Crippen molar-refractivity contribution < 1.29 is 9.90 Å². The molecule has 0 radical (unpaired) electrons. The molecule has 1 aromatic heterocycles. The Bertz CT molecular complexity index is 706. The highest BCUT2D eigenvalue weighted by Gasteiger charge is 2.39. The number of benzene rings is 1. The average Bonchev–Trinajstić information content (AvgIpc) is 2.84. The largest absolute Gasteiger partial charge is 0.481 e. The first-order valence-electron chi connectivity index (χ1n) is 7.64. The summed E-state index contributed by atoms with van der Waals surface area (Å²) in [5, 5.41) is 10.5. The molecule has 2 N–H and O–H groups in total. The number of carbonyl (C=O) groups is 1. The van der Waals surface area contributed by atoms with Crippen molar-refractivity contribution in [1.82, 2.24) is 9.88 Å². The molecule has 0 saturated carbocycles. The number of carboxylic acids is 1. The summed E-state index contributed by atoms with van der Waals surface area (Å²) in [4.78, 5) is 16.8. The maximum atomic E-state index is 11.1. The van der Waals surface area contributed by atoms with Crippen LogP contribution >= 0.6 is 0 Å². The third kappa shape index (κ3) is 1.97. The monoisotopic (exact) mass is 284 g/mol. The van der Waals surface area contributed by atoms with Crippen LogP contribution in [0.1, 0.15) is 29.9 Å². The van der Waals surface area contributed by atoms with E-state index in [9.17, 15) is 4.79 Å². The minimum atomic E-state index is -0.678. The number of likely N-dealkylation sites (N-methyl/N-ethyl adjacent to an activating group) is 1. The first-order chi connectivity index (χ1) is 10.1. The van der Waals surface area contributed by atoms with Crippen LogP contribution in [0.4, 0.5) is 0 Å². The van der Waals surface area contributed by atoms with Gasteiger partial charge in [0.25, 0.3) is 0 Å². The van der Waals surface area contributed by atoms with Crippen LogP contribution in [-0.4, -0.2) is 40.6 Å². The number of aromatic nitrogens is 1. The third-order valence-corrected chi connectivity index (χ3v) is 5.28. The van der Waals surface area contributed by atoms with E-state index in [0.29, 0.717) is 12.0 Å². The van der Waals surface area contributed by atoms with Crippen LogP contribution < -0.4 is 0 Å². The van der Waals surface area contributed by atoms with Crippen LogP contribution in [0.25, 0.3) is 10.9 Å². The lowest BCUT2D eigenvalue weighted by Gasteiger charge is -2.45. The second-order valence-electron chi connectivity index (χ2n) is 6.60. The number of likely N-dealkylation sites (tertiary alicyclic amines) is 1. The molecule has 21 heavy (non-hydrogen) atoms. The van der Waals surface area contributed by atoms with Crippen molar-refractivity contribution in [2.75, 3.05) is 13.6 Å². The lowest BCUT2D eigenvalue weighted by Crippen LogP contribution is -2.48. The van der Waals surface area contributed by atoms with Gasteiger partial charge < -0.3 is 15.0 Å². The van der Waals surface area contributed by atoms with E-state index in [4.69, 9.17) is 5.11 Å². The highest BCUT2D eigenvalue weighted by Crippen LogP contribution is 2.44. The van der Waals surface area contributed by atoms with E-state index < -0.39 is 5.97 Å². The molecule has 0 spiro atoms. The van der Waals surface area contributed by atoms with E-state index in [2.05, 4.69) is 41.3 Å². The van der Waals surface area contributed by atoms with Gasteiger partial charge in [-0.3, -0.25) is 4.79 Å². The van der Waals surface area contributed by atoms with Crippen LogP contribution in [0.3, 0.4) is 0 Å². The van der Waals surface area contributed by atoms with E-state index in [1.807, 2.05) is 0 Å². The van der Waals surface area contributed by atoms with Crippen molar-refractivity contribution in [3.8, 4) is 0 Å². The van der Waals surface area contributed by atoms with Gasteiger partial charge in [0.15, 0.2) is 0 Å². The fourth-order valence-corrected chi connectivity index (χ4v) is 4.45. The molecule has 0 amide bonds. The number of aliphatic carboxylic acids is 1. The molecule has 2 heterocycles. The maximum absolute atomic E-state index is 11.1. The predicted molar refractivity (Wildman–Crippen MR) is 81.5 cm³/mol. The minimum Gasteiger partial charge on any atom is -0.481 e. The van der Waals surface area contributed by atoms with Gasteiger partial charge in [-0.05, 0) is 43.0 Å². The highest BCUT2D eigenvalue weighted by atomic mass is 16.4. The van der Waals surface area contributed by atoms with E-state index in [1.165, 1.54) is 22.0 Å². The summed E-state index contributed by atoms with van der Waals surface area (Å²) in [5.41, 5.74) is 4.02. The van der Waals surface area contributed by atoms with Crippen molar-refractivity contribution in [3.05, 3.63) is 35.5 Å². The van der Waals surface area contributed by atoms with Gasteiger partial charge in [-0.15, -0.1) is 0 Å². The third-order valence-electron chi connectivity index (χ3n) is 5.28. The lowest BCUT2D eigenvalue weighted by molar-refractivity contribution is -0.138. The van der Waals surface area contributed by atoms with Crippen LogP contribution in [-0.2, 0) is 11.2 Å². The summed E-state index contributed by atoms with van der Waals surface area (Å²) in [6.07, 6.45) is 4.48. The van der Waals surface area contributed by atoms with Crippen LogP contribution in [0.2, 0.25) is 0 Å². The molecular weight excluding hydrogens is 264 g/mol. The van der Waals surface area contributed by atoms with E-state index in [0.717, 1.165) is 19.4 Å². The van der Waals surface area contributed by atoms with Gasteiger partial charge in [0.2, 0.25) is 0 Å². The highest BCUT2D eigenvalue weighted by molar-refractivity contribution is 5.88. The van der Waals surface area contributed by atoms with Crippen molar-refractivity contribution >= 4 is 16.9 Å². The number of carboxylic acid groups (broad SMARTS) is 1. The smallest absolute Gasteiger partial charge is 0.303 e.